The second-order valence-electron chi connectivity index (χ2n) is 7.58. The van der Waals surface area contributed by atoms with Crippen LogP contribution in [0, 0.1) is 5.92 Å². The quantitative estimate of drug-likeness (QED) is 0.405. The van der Waals surface area contributed by atoms with Gasteiger partial charge in [0.05, 0.1) is 13.1 Å². The second kappa shape index (κ2) is 8.62. The van der Waals surface area contributed by atoms with Gasteiger partial charge in [-0.3, -0.25) is 4.79 Å². The molecule has 0 radical (unpaired) electrons. The maximum Gasteiger partial charge on any atom is 0.298 e. The maximum absolute atomic E-state index is 13.4. The van der Waals surface area contributed by atoms with Crippen LogP contribution in [0.5, 0.6) is 0 Å². The van der Waals surface area contributed by atoms with Crippen molar-refractivity contribution in [1.29, 1.82) is 0 Å². The number of carbonyl (C=O) groups excluding carboxylic acids is 1. The first-order valence-corrected chi connectivity index (χ1v) is 12.0. The first-order chi connectivity index (χ1) is 14.8. The van der Waals surface area contributed by atoms with Crippen LogP contribution in [-0.2, 0) is 17.9 Å². The number of hydrogen-bond acceptors (Lipinski definition) is 6. The molecule has 0 bridgehead atoms. The lowest BCUT2D eigenvalue weighted by atomic mass is 9.95. The zero-order valence-electron chi connectivity index (χ0n) is 16.6. The summed E-state index contributed by atoms with van der Waals surface area (Å²) in [6.45, 7) is 2.93. The summed E-state index contributed by atoms with van der Waals surface area (Å²) in [5, 5.41) is 4.14. The number of amides is 1. The molecule has 1 aliphatic heterocycles. The van der Waals surface area contributed by atoms with Crippen LogP contribution in [0.2, 0.25) is 0 Å². The van der Waals surface area contributed by atoms with Crippen LogP contribution in [-0.4, -0.2) is 28.9 Å². The lowest BCUT2D eigenvalue weighted by molar-refractivity contribution is -0.137. The summed E-state index contributed by atoms with van der Waals surface area (Å²) in [5.74, 6) is 0.305. The van der Waals surface area contributed by atoms with Crippen molar-refractivity contribution >= 4 is 45.7 Å². The Morgan fingerprint density at radius 1 is 1.00 bits per heavy atom. The fourth-order valence-electron chi connectivity index (χ4n) is 3.96. The van der Waals surface area contributed by atoms with E-state index in [-0.39, 0.29) is 11.8 Å². The second-order valence-corrected chi connectivity index (χ2v) is 9.64. The summed E-state index contributed by atoms with van der Waals surface area (Å²) in [6, 6.07) is 16.8. The number of para-hydroxylation sites is 2. The molecule has 0 N–H and O–H groups in total. The number of nitrogens with zero attached hydrogens (tertiary/aromatic N) is 3. The van der Waals surface area contributed by atoms with Gasteiger partial charge in [-0.25, -0.2) is 0 Å². The van der Waals surface area contributed by atoms with Crippen molar-refractivity contribution in [2.75, 3.05) is 18.0 Å². The molecular weight excluding hydrogens is 414 g/mol. The molecule has 0 spiro atoms. The molecule has 4 aromatic rings. The van der Waals surface area contributed by atoms with Crippen LogP contribution < -0.4 is 4.90 Å². The molecular formula is C23H23N3O2S2. The lowest BCUT2D eigenvalue weighted by Crippen LogP contribution is -2.42. The Balaban J connectivity index is 1.26. The molecule has 7 heteroatoms. The Hall–Kier alpha value is -2.64. The van der Waals surface area contributed by atoms with E-state index in [4.69, 9.17) is 4.42 Å². The van der Waals surface area contributed by atoms with Gasteiger partial charge in [0.2, 0.25) is 5.91 Å². The van der Waals surface area contributed by atoms with Gasteiger partial charge >= 0.3 is 0 Å². The average molecular weight is 438 g/mol. The van der Waals surface area contributed by atoms with Gasteiger partial charge in [-0.15, -0.1) is 22.7 Å². The van der Waals surface area contributed by atoms with Gasteiger partial charge in [0.1, 0.15) is 5.52 Å². The normalized spacial score (nSPS) is 15.0. The number of thiophene rings is 2. The van der Waals surface area contributed by atoms with E-state index in [0.717, 1.165) is 37.0 Å². The zero-order chi connectivity index (χ0) is 20.3. The van der Waals surface area contributed by atoms with Gasteiger partial charge < -0.3 is 14.2 Å². The van der Waals surface area contributed by atoms with Gasteiger partial charge in [0.25, 0.3) is 6.01 Å². The van der Waals surface area contributed by atoms with Crippen LogP contribution in [0.15, 0.2) is 63.7 Å². The third kappa shape index (κ3) is 4.13. The van der Waals surface area contributed by atoms with Crippen molar-refractivity contribution in [3.8, 4) is 0 Å². The van der Waals surface area contributed by atoms with E-state index in [9.17, 15) is 4.79 Å². The fraction of sp³-hybridized carbons (Fsp3) is 0.304. The summed E-state index contributed by atoms with van der Waals surface area (Å²) >= 11 is 3.42. The molecule has 30 heavy (non-hydrogen) atoms. The molecule has 1 saturated heterocycles. The number of fused-ring (bicyclic) bond motifs is 1. The number of aromatic nitrogens is 1. The molecule has 1 aromatic carbocycles. The highest BCUT2D eigenvalue weighted by atomic mass is 32.1. The molecule has 1 aliphatic rings. The summed E-state index contributed by atoms with van der Waals surface area (Å²) in [7, 11) is 0. The van der Waals surface area contributed by atoms with Gasteiger partial charge in [-0.2, -0.15) is 4.98 Å². The van der Waals surface area contributed by atoms with E-state index in [2.05, 4.69) is 32.8 Å². The van der Waals surface area contributed by atoms with E-state index in [1.54, 1.807) is 22.7 Å². The van der Waals surface area contributed by atoms with E-state index < -0.39 is 0 Å². The van der Waals surface area contributed by atoms with Crippen molar-refractivity contribution in [3.63, 3.8) is 0 Å². The Kier molecular flexibility index (Phi) is 5.55. The van der Waals surface area contributed by atoms with Gasteiger partial charge in [-0.05, 0) is 47.9 Å². The first kappa shape index (κ1) is 19.3. The van der Waals surface area contributed by atoms with E-state index in [0.29, 0.717) is 19.1 Å². The maximum atomic E-state index is 13.4. The number of anilines is 1. The largest absolute Gasteiger partial charge is 0.423 e. The predicted octanol–water partition coefficient (Wildman–Crippen LogP) is 5.40. The van der Waals surface area contributed by atoms with Crippen molar-refractivity contribution in [2.24, 2.45) is 5.92 Å². The van der Waals surface area contributed by atoms with Crippen molar-refractivity contribution in [2.45, 2.75) is 25.9 Å². The first-order valence-electron chi connectivity index (χ1n) is 10.2. The van der Waals surface area contributed by atoms with E-state index >= 15 is 0 Å². The Morgan fingerprint density at radius 3 is 2.27 bits per heavy atom. The predicted molar refractivity (Wildman–Crippen MR) is 122 cm³/mol. The van der Waals surface area contributed by atoms with Gasteiger partial charge in [-0.1, -0.05) is 24.3 Å². The third-order valence-corrected chi connectivity index (χ3v) is 7.28. The van der Waals surface area contributed by atoms with Crippen LogP contribution in [0.4, 0.5) is 6.01 Å². The minimum atomic E-state index is 0.0468. The molecule has 5 rings (SSSR count). The van der Waals surface area contributed by atoms with Crippen LogP contribution in [0.25, 0.3) is 11.1 Å². The number of hydrogen-bond donors (Lipinski definition) is 0. The SMILES string of the molecule is O=C(C1CCN(c2nc3ccccc3o2)CC1)N(Cc1cccs1)Cc1cccs1. The molecule has 3 aromatic heterocycles. The van der Waals surface area contributed by atoms with Crippen LogP contribution >= 0.6 is 22.7 Å². The minimum Gasteiger partial charge on any atom is -0.423 e. The molecule has 0 saturated carbocycles. The Bertz CT molecular complexity index is 1030. The highest BCUT2D eigenvalue weighted by Gasteiger charge is 2.30. The molecule has 1 fully saturated rings. The summed E-state index contributed by atoms with van der Waals surface area (Å²) in [5.41, 5.74) is 1.69. The number of piperidine rings is 1. The molecule has 154 valence electrons. The Morgan fingerprint density at radius 2 is 1.67 bits per heavy atom. The molecule has 5 nitrogen and oxygen atoms in total. The smallest absolute Gasteiger partial charge is 0.298 e. The summed E-state index contributed by atoms with van der Waals surface area (Å²) < 4.78 is 5.91. The van der Waals surface area contributed by atoms with Crippen molar-refractivity contribution in [1.82, 2.24) is 9.88 Å². The Labute approximate surface area is 183 Å². The lowest BCUT2D eigenvalue weighted by Gasteiger charge is -2.33. The van der Waals surface area contributed by atoms with Crippen LogP contribution in [0.1, 0.15) is 22.6 Å². The van der Waals surface area contributed by atoms with E-state index in [1.807, 2.05) is 41.3 Å². The molecule has 0 aliphatic carbocycles. The van der Waals surface area contributed by atoms with Gasteiger partial charge in [0.15, 0.2) is 5.58 Å². The minimum absolute atomic E-state index is 0.0468. The standard InChI is InChI=1S/C23H23N3O2S2/c27-22(26(15-18-5-3-13-29-18)16-19-6-4-14-30-19)17-9-11-25(12-10-17)23-24-20-7-1-2-8-21(20)28-23/h1-8,13-14,17H,9-12,15-16H2. The molecule has 0 unspecified atom stereocenters. The van der Waals surface area contributed by atoms with E-state index in [1.165, 1.54) is 9.75 Å². The number of benzene rings is 1. The van der Waals surface area contributed by atoms with Crippen molar-refractivity contribution < 1.29 is 9.21 Å². The monoisotopic (exact) mass is 437 g/mol. The van der Waals surface area contributed by atoms with Gasteiger partial charge in [0, 0.05) is 28.8 Å². The number of oxazole rings is 1. The molecule has 4 heterocycles. The zero-order valence-corrected chi connectivity index (χ0v) is 18.2. The third-order valence-electron chi connectivity index (χ3n) is 5.56. The number of carbonyl (C=O) groups is 1. The fourth-order valence-corrected chi connectivity index (χ4v) is 5.40. The molecule has 0 atom stereocenters. The highest BCUT2D eigenvalue weighted by Crippen LogP contribution is 2.28. The topological polar surface area (TPSA) is 49.6 Å². The average Bonchev–Trinajstić information content (AvgIpc) is 3.54. The summed E-state index contributed by atoms with van der Waals surface area (Å²) in [6.07, 6.45) is 1.64. The number of rotatable bonds is 6. The van der Waals surface area contributed by atoms with Crippen LogP contribution in [0.3, 0.4) is 0 Å². The summed E-state index contributed by atoms with van der Waals surface area (Å²) in [4.78, 5) is 24.7. The van der Waals surface area contributed by atoms with Crippen molar-refractivity contribution in [3.05, 3.63) is 69.0 Å². The highest BCUT2D eigenvalue weighted by molar-refractivity contribution is 7.10. The molecule has 1 amide bonds.